The van der Waals surface area contributed by atoms with Gasteiger partial charge in [-0.25, -0.2) is 14.4 Å². The molecule has 0 amide bonds. The second-order valence-corrected chi connectivity index (χ2v) is 4.94. The summed E-state index contributed by atoms with van der Waals surface area (Å²) in [6.07, 6.45) is 3.95. The zero-order chi connectivity index (χ0) is 14.5. The number of hydrogen-bond acceptors (Lipinski definition) is 5. The summed E-state index contributed by atoms with van der Waals surface area (Å²) in [4.78, 5) is 8.33. The van der Waals surface area contributed by atoms with Crippen LogP contribution in [0.15, 0.2) is 36.7 Å². The van der Waals surface area contributed by atoms with Gasteiger partial charge in [0.1, 0.15) is 23.8 Å². The van der Waals surface area contributed by atoms with Gasteiger partial charge in [-0.2, -0.15) is 0 Å². The van der Waals surface area contributed by atoms with Crippen molar-refractivity contribution < 1.29 is 9.13 Å². The molecule has 1 atom stereocenters. The Bertz CT molecular complexity index is 584. The van der Waals surface area contributed by atoms with E-state index in [1.165, 1.54) is 18.5 Å². The molecule has 2 N–H and O–H groups in total. The van der Waals surface area contributed by atoms with Gasteiger partial charge in [0.15, 0.2) is 0 Å². The highest BCUT2D eigenvalue weighted by Gasteiger charge is 2.15. The van der Waals surface area contributed by atoms with Crippen LogP contribution in [0.2, 0.25) is 0 Å². The minimum absolute atomic E-state index is 0.258. The molecule has 1 aromatic heterocycles. The highest BCUT2D eigenvalue weighted by molar-refractivity contribution is 5.58. The molecule has 1 fully saturated rings. The number of ether oxygens (including phenoxy) is 1. The molecule has 21 heavy (non-hydrogen) atoms. The standard InChI is InChI=1S/C15H17FN4O/c16-11-3-5-12(6-4-11)20-15-8-14(18-10-19-15)17-9-13-2-1-7-21-13/h3-6,8,10,13H,1-2,7,9H2,(H2,17,18,19,20). The third kappa shape index (κ3) is 3.88. The van der Waals surface area contributed by atoms with Crippen molar-refractivity contribution >= 4 is 17.3 Å². The molecular weight excluding hydrogens is 271 g/mol. The van der Waals surface area contributed by atoms with Gasteiger partial charge >= 0.3 is 0 Å². The highest BCUT2D eigenvalue weighted by Crippen LogP contribution is 2.17. The van der Waals surface area contributed by atoms with Crippen LogP contribution in [0.25, 0.3) is 0 Å². The molecule has 1 unspecified atom stereocenters. The van der Waals surface area contributed by atoms with E-state index in [4.69, 9.17) is 4.74 Å². The molecule has 0 bridgehead atoms. The average Bonchev–Trinajstić information content (AvgIpc) is 3.01. The molecule has 1 aliphatic rings. The van der Waals surface area contributed by atoms with Crippen LogP contribution < -0.4 is 10.6 Å². The van der Waals surface area contributed by atoms with Gasteiger partial charge < -0.3 is 15.4 Å². The fraction of sp³-hybridized carbons (Fsp3) is 0.333. The minimum atomic E-state index is -0.262. The van der Waals surface area contributed by atoms with Gasteiger partial charge in [-0.15, -0.1) is 0 Å². The van der Waals surface area contributed by atoms with Crippen LogP contribution in [0.3, 0.4) is 0 Å². The number of nitrogens with one attached hydrogen (secondary N) is 2. The van der Waals surface area contributed by atoms with Crippen molar-refractivity contribution in [1.82, 2.24) is 9.97 Å². The van der Waals surface area contributed by atoms with Crippen molar-refractivity contribution in [3.63, 3.8) is 0 Å². The van der Waals surface area contributed by atoms with Crippen LogP contribution in [0.1, 0.15) is 12.8 Å². The molecule has 0 saturated carbocycles. The van der Waals surface area contributed by atoms with Crippen molar-refractivity contribution in [2.75, 3.05) is 23.8 Å². The summed E-state index contributed by atoms with van der Waals surface area (Å²) in [6.45, 7) is 1.58. The Labute approximate surface area is 122 Å². The predicted octanol–water partition coefficient (Wildman–Crippen LogP) is 2.95. The number of benzene rings is 1. The second-order valence-electron chi connectivity index (χ2n) is 4.94. The summed E-state index contributed by atoms with van der Waals surface area (Å²) in [5.41, 5.74) is 0.778. The molecule has 110 valence electrons. The second kappa shape index (κ2) is 6.49. The van der Waals surface area contributed by atoms with Crippen molar-refractivity contribution in [3.8, 4) is 0 Å². The first kappa shape index (κ1) is 13.8. The minimum Gasteiger partial charge on any atom is -0.376 e. The lowest BCUT2D eigenvalue weighted by Gasteiger charge is -2.12. The van der Waals surface area contributed by atoms with Gasteiger partial charge in [0.25, 0.3) is 0 Å². The number of aromatic nitrogens is 2. The molecule has 2 heterocycles. The molecule has 1 aliphatic heterocycles. The first-order chi connectivity index (χ1) is 10.3. The van der Waals surface area contributed by atoms with E-state index in [-0.39, 0.29) is 11.9 Å². The Hall–Kier alpha value is -2.21. The van der Waals surface area contributed by atoms with Crippen molar-refractivity contribution in [2.45, 2.75) is 18.9 Å². The number of rotatable bonds is 5. The Morgan fingerprint density at radius 2 is 2.00 bits per heavy atom. The summed E-state index contributed by atoms with van der Waals surface area (Å²) < 4.78 is 18.4. The Morgan fingerprint density at radius 1 is 1.19 bits per heavy atom. The summed E-state index contributed by atoms with van der Waals surface area (Å²) in [5.74, 6) is 1.14. The van der Waals surface area contributed by atoms with Crippen LogP contribution in [-0.4, -0.2) is 29.2 Å². The average molecular weight is 288 g/mol. The molecule has 5 nitrogen and oxygen atoms in total. The number of anilines is 3. The molecule has 1 saturated heterocycles. The Morgan fingerprint density at radius 3 is 2.76 bits per heavy atom. The maximum Gasteiger partial charge on any atom is 0.135 e. The van der Waals surface area contributed by atoms with E-state index in [0.717, 1.165) is 37.5 Å². The first-order valence-corrected chi connectivity index (χ1v) is 7.00. The third-order valence-corrected chi connectivity index (χ3v) is 3.32. The van der Waals surface area contributed by atoms with E-state index in [2.05, 4.69) is 20.6 Å². The van der Waals surface area contributed by atoms with E-state index in [9.17, 15) is 4.39 Å². The molecule has 0 aliphatic carbocycles. The molecular formula is C15H17FN4O. The van der Waals surface area contributed by atoms with Crippen molar-refractivity contribution in [3.05, 3.63) is 42.5 Å². The van der Waals surface area contributed by atoms with Gasteiger partial charge in [-0.05, 0) is 37.1 Å². The predicted molar refractivity (Wildman–Crippen MR) is 79.2 cm³/mol. The SMILES string of the molecule is Fc1ccc(Nc2cc(NCC3CCCO3)ncn2)cc1. The smallest absolute Gasteiger partial charge is 0.135 e. The van der Waals surface area contributed by atoms with E-state index < -0.39 is 0 Å². The summed E-state index contributed by atoms with van der Waals surface area (Å²) >= 11 is 0. The quantitative estimate of drug-likeness (QED) is 0.886. The number of nitrogens with zero attached hydrogens (tertiary/aromatic N) is 2. The molecule has 0 spiro atoms. The Balaban J connectivity index is 1.60. The summed E-state index contributed by atoms with van der Waals surface area (Å²) in [6, 6.07) is 7.95. The van der Waals surface area contributed by atoms with Crippen LogP contribution in [0.4, 0.5) is 21.7 Å². The molecule has 0 radical (unpaired) electrons. The van der Waals surface area contributed by atoms with Crippen LogP contribution in [0.5, 0.6) is 0 Å². The third-order valence-electron chi connectivity index (χ3n) is 3.32. The van der Waals surface area contributed by atoms with E-state index in [1.807, 2.05) is 6.07 Å². The van der Waals surface area contributed by atoms with Crippen molar-refractivity contribution in [1.29, 1.82) is 0 Å². The van der Waals surface area contributed by atoms with Crippen molar-refractivity contribution in [2.24, 2.45) is 0 Å². The zero-order valence-corrected chi connectivity index (χ0v) is 11.6. The van der Waals surface area contributed by atoms with E-state index in [1.54, 1.807) is 12.1 Å². The summed E-state index contributed by atoms with van der Waals surface area (Å²) in [5, 5.41) is 6.36. The molecule has 3 rings (SSSR count). The molecule has 6 heteroatoms. The van der Waals surface area contributed by atoms with Crippen LogP contribution >= 0.6 is 0 Å². The fourth-order valence-electron chi connectivity index (χ4n) is 2.23. The van der Waals surface area contributed by atoms with Gasteiger partial charge in [-0.3, -0.25) is 0 Å². The first-order valence-electron chi connectivity index (χ1n) is 7.00. The normalized spacial score (nSPS) is 17.7. The van der Waals surface area contributed by atoms with Gasteiger partial charge in [-0.1, -0.05) is 0 Å². The lowest BCUT2D eigenvalue weighted by molar-refractivity contribution is 0.120. The van der Waals surface area contributed by atoms with Gasteiger partial charge in [0.05, 0.1) is 6.10 Å². The number of hydrogen-bond donors (Lipinski definition) is 2. The summed E-state index contributed by atoms with van der Waals surface area (Å²) in [7, 11) is 0. The largest absolute Gasteiger partial charge is 0.376 e. The molecule has 2 aromatic rings. The maximum absolute atomic E-state index is 12.9. The molecule has 1 aromatic carbocycles. The topological polar surface area (TPSA) is 59.1 Å². The van der Waals surface area contributed by atoms with E-state index >= 15 is 0 Å². The van der Waals surface area contributed by atoms with Gasteiger partial charge in [0.2, 0.25) is 0 Å². The lowest BCUT2D eigenvalue weighted by atomic mass is 10.2. The van der Waals surface area contributed by atoms with E-state index in [0.29, 0.717) is 5.82 Å². The monoisotopic (exact) mass is 288 g/mol. The Kier molecular flexibility index (Phi) is 4.25. The maximum atomic E-state index is 12.9. The number of halogens is 1. The van der Waals surface area contributed by atoms with Gasteiger partial charge in [0, 0.05) is 24.9 Å². The highest BCUT2D eigenvalue weighted by atomic mass is 19.1. The van der Waals surface area contributed by atoms with Crippen LogP contribution in [0, 0.1) is 5.82 Å². The lowest BCUT2D eigenvalue weighted by Crippen LogP contribution is -2.19. The fourth-order valence-corrected chi connectivity index (χ4v) is 2.23. The van der Waals surface area contributed by atoms with Crippen LogP contribution in [-0.2, 0) is 4.74 Å². The zero-order valence-electron chi connectivity index (χ0n) is 11.6.